The Hall–Kier alpha value is -0.820. The summed E-state index contributed by atoms with van der Waals surface area (Å²) < 4.78 is 0. The normalized spacial score (nSPS) is 25.4. The first kappa shape index (κ1) is 10.3. The quantitative estimate of drug-likeness (QED) is 0.813. The van der Waals surface area contributed by atoms with Crippen molar-refractivity contribution in [3.8, 4) is 0 Å². The van der Waals surface area contributed by atoms with Crippen LogP contribution in [0.3, 0.4) is 0 Å². The highest BCUT2D eigenvalue weighted by Crippen LogP contribution is 2.41. The van der Waals surface area contributed by atoms with E-state index in [1.54, 1.807) is 11.1 Å². The van der Waals surface area contributed by atoms with Crippen LogP contribution in [0.5, 0.6) is 0 Å². The zero-order valence-corrected chi connectivity index (χ0v) is 10.1. The van der Waals surface area contributed by atoms with Crippen molar-refractivity contribution in [3.05, 3.63) is 35.4 Å². The summed E-state index contributed by atoms with van der Waals surface area (Å²) in [5.41, 5.74) is 3.17. The second-order valence-corrected chi connectivity index (χ2v) is 5.44. The first-order valence-electron chi connectivity index (χ1n) is 6.63. The van der Waals surface area contributed by atoms with Gasteiger partial charge in [0.15, 0.2) is 0 Å². The molecule has 0 bridgehead atoms. The summed E-state index contributed by atoms with van der Waals surface area (Å²) in [4.78, 5) is 0. The molecule has 0 aliphatic heterocycles. The molecule has 1 aromatic rings. The molecular weight excluding hydrogens is 194 g/mol. The van der Waals surface area contributed by atoms with Crippen LogP contribution in [0.2, 0.25) is 0 Å². The van der Waals surface area contributed by atoms with E-state index in [1.165, 1.54) is 32.1 Å². The van der Waals surface area contributed by atoms with Crippen LogP contribution in [0.25, 0.3) is 0 Å². The van der Waals surface area contributed by atoms with Gasteiger partial charge in [-0.05, 0) is 36.9 Å². The van der Waals surface area contributed by atoms with Crippen molar-refractivity contribution in [2.75, 3.05) is 7.05 Å². The number of hydrogen-bond acceptors (Lipinski definition) is 1. The molecular formula is C15H21N. The molecule has 1 saturated carbocycles. The second kappa shape index (κ2) is 4.21. The molecule has 1 fully saturated rings. The number of benzene rings is 1. The lowest BCUT2D eigenvalue weighted by Gasteiger charge is -2.39. The summed E-state index contributed by atoms with van der Waals surface area (Å²) >= 11 is 0. The predicted octanol–water partition coefficient (Wildman–Crippen LogP) is 3.10. The fourth-order valence-electron chi connectivity index (χ4n) is 3.23. The zero-order valence-electron chi connectivity index (χ0n) is 10.1. The van der Waals surface area contributed by atoms with Gasteiger partial charge < -0.3 is 5.32 Å². The second-order valence-electron chi connectivity index (χ2n) is 5.44. The molecule has 0 spiro atoms. The van der Waals surface area contributed by atoms with Gasteiger partial charge in [-0.15, -0.1) is 0 Å². The monoisotopic (exact) mass is 215 g/mol. The molecule has 2 aliphatic carbocycles. The first-order chi connectivity index (χ1) is 7.88. The van der Waals surface area contributed by atoms with Crippen LogP contribution in [0.15, 0.2) is 24.3 Å². The Balaban J connectivity index is 1.68. The number of likely N-dealkylation sites (N-methyl/N-ethyl adjacent to an activating group) is 1. The van der Waals surface area contributed by atoms with Crippen molar-refractivity contribution in [3.63, 3.8) is 0 Å². The van der Waals surface area contributed by atoms with E-state index >= 15 is 0 Å². The van der Waals surface area contributed by atoms with E-state index in [-0.39, 0.29) is 0 Å². The molecule has 0 saturated heterocycles. The lowest BCUT2D eigenvalue weighted by Crippen LogP contribution is -2.40. The van der Waals surface area contributed by atoms with Gasteiger partial charge in [0.25, 0.3) is 0 Å². The molecule has 0 radical (unpaired) electrons. The Labute approximate surface area is 98.3 Å². The zero-order chi connectivity index (χ0) is 11.0. The van der Waals surface area contributed by atoms with Crippen molar-refractivity contribution >= 4 is 0 Å². The van der Waals surface area contributed by atoms with Gasteiger partial charge in [0, 0.05) is 12.0 Å². The third kappa shape index (κ3) is 1.67. The Morgan fingerprint density at radius 2 is 2.12 bits per heavy atom. The summed E-state index contributed by atoms with van der Waals surface area (Å²) in [5.74, 6) is 1.78. The molecule has 3 rings (SSSR count). The number of nitrogens with one attached hydrogen (secondary N) is 1. The summed E-state index contributed by atoms with van der Waals surface area (Å²) in [6, 6.07) is 9.65. The van der Waals surface area contributed by atoms with Crippen molar-refractivity contribution < 1.29 is 0 Å². The number of hydrogen-bond donors (Lipinski definition) is 1. The van der Waals surface area contributed by atoms with Gasteiger partial charge in [-0.25, -0.2) is 0 Å². The van der Waals surface area contributed by atoms with E-state index in [4.69, 9.17) is 0 Å². The van der Waals surface area contributed by atoms with Crippen LogP contribution >= 0.6 is 0 Å². The van der Waals surface area contributed by atoms with E-state index in [0.29, 0.717) is 6.04 Å². The molecule has 1 N–H and O–H groups in total. The van der Waals surface area contributed by atoms with Gasteiger partial charge in [0.2, 0.25) is 0 Å². The largest absolute Gasteiger partial charge is 0.316 e. The predicted molar refractivity (Wildman–Crippen MR) is 67.7 cm³/mol. The topological polar surface area (TPSA) is 12.0 Å². The number of fused-ring (bicyclic) bond motifs is 1. The average Bonchev–Trinajstić information content (AvgIpc) is 2.22. The van der Waals surface area contributed by atoms with Crippen LogP contribution in [-0.2, 0) is 6.42 Å². The summed E-state index contributed by atoms with van der Waals surface area (Å²) in [6.45, 7) is 0. The Kier molecular flexibility index (Phi) is 2.72. The minimum Gasteiger partial charge on any atom is -0.316 e. The van der Waals surface area contributed by atoms with E-state index in [1.807, 2.05) is 0 Å². The lowest BCUT2D eigenvalue weighted by molar-refractivity contribution is 0.242. The molecule has 0 aromatic heterocycles. The molecule has 1 nitrogen and oxygen atoms in total. The van der Waals surface area contributed by atoms with Crippen molar-refractivity contribution in [2.24, 2.45) is 5.92 Å². The fraction of sp³-hybridized carbons (Fsp3) is 0.600. The van der Waals surface area contributed by atoms with Crippen LogP contribution in [0.4, 0.5) is 0 Å². The molecule has 86 valence electrons. The van der Waals surface area contributed by atoms with Crippen molar-refractivity contribution in [1.29, 1.82) is 0 Å². The molecule has 2 atom stereocenters. The Bertz CT molecular complexity index is 367. The molecule has 0 amide bonds. The maximum atomic E-state index is 3.54. The maximum absolute atomic E-state index is 3.54. The molecule has 16 heavy (non-hydrogen) atoms. The van der Waals surface area contributed by atoms with Crippen LogP contribution in [0, 0.1) is 5.92 Å². The third-order valence-electron chi connectivity index (χ3n) is 4.56. The third-order valence-corrected chi connectivity index (χ3v) is 4.56. The van der Waals surface area contributed by atoms with Gasteiger partial charge in [0.05, 0.1) is 0 Å². The minimum absolute atomic E-state index is 0.709. The SMILES string of the molecule is CNC(CC1CCC1)C1Cc2ccccc21. The van der Waals surface area contributed by atoms with Gasteiger partial charge in [0.1, 0.15) is 0 Å². The van der Waals surface area contributed by atoms with Crippen molar-refractivity contribution in [2.45, 2.75) is 44.1 Å². The maximum Gasteiger partial charge on any atom is 0.0139 e. The van der Waals surface area contributed by atoms with Crippen LogP contribution < -0.4 is 5.32 Å². The highest BCUT2D eigenvalue weighted by Gasteiger charge is 2.34. The van der Waals surface area contributed by atoms with E-state index in [2.05, 4.69) is 36.6 Å². The lowest BCUT2D eigenvalue weighted by atomic mass is 9.69. The fourth-order valence-corrected chi connectivity index (χ4v) is 3.23. The first-order valence-corrected chi connectivity index (χ1v) is 6.63. The van der Waals surface area contributed by atoms with Gasteiger partial charge in [-0.2, -0.15) is 0 Å². The molecule has 2 aliphatic rings. The van der Waals surface area contributed by atoms with Gasteiger partial charge in [-0.3, -0.25) is 0 Å². The summed E-state index contributed by atoms with van der Waals surface area (Å²) in [7, 11) is 2.13. The van der Waals surface area contributed by atoms with E-state index in [0.717, 1.165) is 11.8 Å². The van der Waals surface area contributed by atoms with Crippen LogP contribution in [0.1, 0.15) is 42.7 Å². The number of rotatable bonds is 4. The Morgan fingerprint density at radius 3 is 2.75 bits per heavy atom. The van der Waals surface area contributed by atoms with Gasteiger partial charge >= 0.3 is 0 Å². The van der Waals surface area contributed by atoms with Crippen LogP contribution in [-0.4, -0.2) is 13.1 Å². The van der Waals surface area contributed by atoms with E-state index < -0.39 is 0 Å². The molecule has 1 aromatic carbocycles. The highest BCUT2D eigenvalue weighted by molar-refractivity contribution is 5.41. The molecule has 0 heterocycles. The highest BCUT2D eigenvalue weighted by atomic mass is 14.9. The molecule has 2 unspecified atom stereocenters. The standard InChI is InChI=1S/C15H21N/c1-16-15(9-11-5-4-6-11)14-10-12-7-2-3-8-13(12)14/h2-3,7-8,11,14-16H,4-6,9-10H2,1H3. The minimum atomic E-state index is 0.709. The molecule has 1 heteroatoms. The van der Waals surface area contributed by atoms with E-state index in [9.17, 15) is 0 Å². The smallest absolute Gasteiger partial charge is 0.0139 e. The van der Waals surface area contributed by atoms with Gasteiger partial charge in [-0.1, -0.05) is 43.5 Å². The summed E-state index contributed by atoms with van der Waals surface area (Å²) in [6.07, 6.45) is 7.06. The Morgan fingerprint density at radius 1 is 1.31 bits per heavy atom. The summed E-state index contributed by atoms with van der Waals surface area (Å²) in [5, 5.41) is 3.54. The van der Waals surface area contributed by atoms with Crippen molar-refractivity contribution in [1.82, 2.24) is 5.32 Å². The average molecular weight is 215 g/mol.